The normalized spacial score (nSPS) is 11.2. The van der Waals surface area contributed by atoms with Crippen LogP contribution in [0.25, 0.3) is 22.3 Å². The van der Waals surface area contributed by atoms with Crippen LogP contribution in [-0.4, -0.2) is 62.1 Å². The van der Waals surface area contributed by atoms with Crippen molar-refractivity contribution in [2.24, 2.45) is 5.73 Å². The SMILES string of the molecule is N[C@@H](Cc1ccc(O)cc1)C(=O)O.O=c1[nH]c(=O)c2[nH]cnc2[nH]1.O=c1[nH]cnc2nc[nH]c12. The summed E-state index contributed by atoms with van der Waals surface area (Å²) in [4.78, 5) is 66.2. The number of nitrogens with one attached hydrogen (secondary N) is 5. The van der Waals surface area contributed by atoms with Gasteiger partial charge in [-0.05, 0) is 24.1 Å². The van der Waals surface area contributed by atoms with Crippen LogP contribution in [0.15, 0.2) is 57.6 Å². The number of hydrogen-bond acceptors (Lipinski definition) is 9. The lowest BCUT2D eigenvalue weighted by atomic mass is 10.1. The maximum atomic E-state index is 10.9. The van der Waals surface area contributed by atoms with E-state index in [1.807, 2.05) is 0 Å². The van der Waals surface area contributed by atoms with Crippen molar-refractivity contribution < 1.29 is 15.0 Å². The number of rotatable bonds is 3. The number of aromatic nitrogens is 8. The van der Waals surface area contributed by atoms with E-state index in [0.717, 1.165) is 5.56 Å². The van der Waals surface area contributed by atoms with Gasteiger partial charge in [0.25, 0.3) is 11.1 Å². The van der Waals surface area contributed by atoms with Crippen LogP contribution in [-0.2, 0) is 11.2 Å². The maximum absolute atomic E-state index is 10.9. The molecular weight excluding hydrogens is 450 g/mol. The molecule has 15 heteroatoms. The van der Waals surface area contributed by atoms with Crippen LogP contribution in [0, 0.1) is 0 Å². The predicted octanol–water partition coefficient (Wildman–Crippen LogP) is -1.07. The summed E-state index contributed by atoms with van der Waals surface area (Å²) in [6, 6.07) is 5.42. The highest BCUT2D eigenvalue weighted by molar-refractivity contribution is 5.73. The topological polar surface area (TPSA) is 252 Å². The van der Waals surface area contributed by atoms with Crippen molar-refractivity contribution >= 4 is 28.3 Å². The lowest BCUT2D eigenvalue weighted by Crippen LogP contribution is -2.32. The van der Waals surface area contributed by atoms with Crippen molar-refractivity contribution in [2.45, 2.75) is 12.5 Å². The molecule has 176 valence electrons. The van der Waals surface area contributed by atoms with Crippen molar-refractivity contribution in [3.05, 3.63) is 80.0 Å². The minimum Gasteiger partial charge on any atom is -0.508 e. The molecule has 0 saturated heterocycles. The molecule has 0 bridgehead atoms. The molecule has 4 aromatic heterocycles. The first-order valence-corrected chi connectivity index (χ1v) is 9.53. The van der Waals surface area contributed by atoms with Gasteiger partial charge in [-0.25, -0.2) is 19.7 Å². The molecule has 0 aliphatic carbocycles. The number of nitrogens with two attached hydrogens (primary N) is 1. The number of H-pyrrole nitrogens is 5. The summed E-state index contributed by atoms with van der Waals surface area (Å²) < 4.78 is 0. The summed E-state index contributed by atoms with van der Waals surface area (Å²) in [6.07, 6.45) is 4.38. The van der Waals surface area contributed by atoms with Crippen LogP contribution < -0.4 is 22.5 Å². The average molecular weight is 469 g/mol. The molecule has 15 nitrogen and oxygen atoms in total. The Morgan fingerprint density at radius 3 is 2.15 bits per heavy atom. The van der Waals surface area contributed by atoms with E-state index in [1.54, 1.807) is 12.1 Å². The first-order chi connectivity index (χ1) is 16.2. The number of hydrogen-bond donors (Lipinski definition) is 8. The summed E-state index contributed by atoms with van der Waals surface area (Å²) in [6.45, 7) is 0. The van der Waals surface area contributed by atoms with Gasteiger partial charge < -0.3 is 30.9 Å². The van der Waals surface area contributed by atoms with E-state index >= 15 is 0 Å². The molecule has 5 aromatic rings. The van der Waals surface area contributed by atoms with Gasteiger partial charge in [-0.1, -0.05) is 12.1 Å². The van der Waals surface area contributed by atoms with Gasteiger partial charge in [0, 0.05) is 0 Å². The largest absolute Gasteiger partial charge is 0.508 e. The van der Waals surface area contributed by atoms with Gasteiger partial charge in [0.1, 0.15) is 17.3 Å². The number of aromatic amines is 5. The van der Waals surface area contributed by atoms with Gasteiger partial charge in [-0.2, -0.15) is 0 Å². The predicted molar refractivity (Wildman–Crippen MR) is 119 cm³/mol. The number of imidazole rings is 2. The fourth-order valence-electron chi connectivity index (χ4n) is 2.62. The van der Waals surface area contributed by atoms with Gasteiger partial charge in [0.15, 0.2) is 16.8 Å². The smallest absolute Gasteiger partial charge is 0.327 e. The van der Waals surface area contributed by atoms with Gasteiger partial charge in [0.05, 0.1) is 19.0 Å². The molecule has 0 fully saturated rings. The molecule has 1 aromatic carbocycles. The zero-order chi connectivity index (χ0) is 24.7. The number of fused-ring (bicyclic) bond motifs is 2. The zero-order valence-corrected chi connectivity index (χ0v) is 17.3. The van der Waals surface area contributed by atoms with Crippen molar-refractivity contribution in [3.8, 4) is 5.75 Å². The van der Waals surface area contributed by atoms with E-state index in [0.29, 0.717) is 11.2 Å². The van der Waals surface area contributed by atoms with Crippen LogP contribution in [0.1, 0.15) is 5.56 Å². The van der Waals surface area contributed by atoms with Crippen molar-refractivity contribution in [1.82, 2.24) is 39.9 Å². The molecule has 34 heavy (non-hydrogen) atoms. The number of benzene rings is 1. The van der Waals surface area contributed by atoms with E-state index < -0.39 is 23.3 Å². The van der Waals surface area contributed by atoms with E-state index in [1.165, 1.54) is 31.1 Å². The first kappa shape index (κ1) is 23.6. The van der Waals surface area contributed by atoms with Crippen LogP contribution in [0.4, 0.5) is 0 Å². The Hall–Kier alpha value is -5.05. The summed E-state index contributed by atoms with van der Waals surface area (Å²) >= 11 is 0. The lowest BCUT2D eigenvalue weighted by molar-refractivity contribution is -0.138. The van der Waals surface area contributed by atoms with E-state index in [2.05, 4.69) is 39.9 Å². The Morgan fingerprint density at radius 1 is 0.882 bits per heavy atom. The maximum Gasteiger partial charge on any atom is 0.327 e. The third kappa shape index (κ3) is 6.01. The zero-order valence-electron chi connectivity index (χ0n) is 17.3. The second kappa shape index (κ2) is 10.5. The van der Waals surface area contributed by atoms with E-state index in [-0.39, 0.29) is 28.9 Å². The number of aromatic hydroxyl groups is 1. The van der Waals surface area contributed by atoms with Crippen molar-refractivity contribution in [3.63, 3.8) is 0 Å². The number of carboxylic acids is 1. The number of phenolic OH excluding ortho intramolecular Hbond substituents is 1. The average Bonchev–Trinajstić information content (AvgIpc) is 3.46. The molecule has 0 aliphatic heterocycles. The van der Waals surface area contributed by atoms with Crippen molar-refractivity contribution in [1.29, 1.82) is 0 Å². The molecule has 0 aliphatic rings. The Balaban J connectivity index is 0.000000144. The lowest BCUT2D eigenvalue weighted by Gasteiger charge is -2.05. The molecule has 0 spiro atoms. The number of carbonyl (C=O) groups is 1. The molecule has 1 atom stereocenters. The number of phenols is 1. The number of aliphatic carboxylic acids is 1. The fraction of sp³-hybridized carbons (Fsp3) is 0.105. The third-order valence-corrected chi connectivity index (χ3v) is 4.26. The van der Waals surface area contributed by atoms with Gasteiger partial charge in [0.2, 0.25) is 0 Å². The molecule has 4 heterocycles. The fourth-order valence-corrected chi connectivity index (χ4v) is 2.62. The highest BCUT2D eigenvalue weighted by Crippen LogP contribution is 2.10. The Bertz CT molecular complexity index is 1560. The second-order valence-corrected chi connectivity index (χ2v) is 6.68. The molecule has 0 saturated carbocycles. The number of carboxylic acid groups (broad SMARTS) is 1. The van der Waals surface area contributed by atoms with Crippen molar-refractivity contribution in [2.75, 3.05) is 0 Å². The molecule has 0 amide bonds. The monoisotopic (exact) mass is 469 g/mol. The highest BCUT2D eigenvalue weighted by atomic mass is 16.4. The van der Waals surface area contributed by atoms with E-state index in [4.69, 9.17) is 15.9 Å². The Labute approximate surface area is 187 Å². The van der Waals surface area contributed by atoms with Gasteiger partial charge in [-0.15, -0.1) is 0 Å². The van der Waals surface area contributed by atoms with Crippen LogP contribution in [0.2, 0.25) is 0 Å². The molecule has 0 radical (unpaired) electrons. The third-order valence-electron chi connectivity index (χ3n) is 4.26. The molecule has 9 N–H and O–H groups in total. The van der Waals surface area contributed by atoms with Gasteiger partial charge >= 0.3 is 11.7 Å². The summed E-state index contributed by atoms with van der Waals surface area (Å²) in [5.74, 6) is -0.860. The molecule has 5 rings (SSSR count). The quantitative estimate of drug-likeness (QED) is 0.159. The van der Waals surface area contributed by atoms with Gasteiger partial charge in [-0.3, -0.25) is 24.4 Å². The molecular formula is C19H19N9O6. The first-order valence-electron chi connectivity index (χ1n) is 9.53. The molecule has 0 unspecified atom stereocenters. The second-order valence-electron chi connectivity index (χ2n) is 6.68. The highest BCUT2D eigenvalue weighted by Gasteiger charge is 2.11. The van der Waals surface area contributed by atoms with Crippen LogP contribution >= 0.6 is 0 Å². The minimum absolute atomic E-state index is 0.160. The number of nitrogens with zero attached hydrogens (tertiary/aromatic N) is 3. The van der Waals surface area contributed by atoms with Crippen LogP contribution in [0.5, 0.6) is 5.75 Å². The standard InChI is InChI=1S/C9H11NO3.C5H4N4O2.C5H4N4O/c10-8(9(12)13)5-6-1-3-7(11)4-2-6;10-4-2-3(7-1-6-2)8-5(11)9-4;10-5-3-4(7-1-6-3)8-2-9-5/h1-4,8,11H,5,10H2,(H,12,13);1H,(H3,6,7,8,9,10,11);1-2H,(H2,6,7,8,9,10)/t8-;;/m0../s1. The summed E-state index contributed by atoms with van der Waals surface area (Å²) in [7, 11) is 0. The van der Waals surface area contributed by atoms with Crippen LogP contribution in [0.3, 0.4) is 0 Å². The Kier molecular flexibility index (Phi) is 7.30. The Morgan fingerprint density at radius 2 is 1.50 bits per heavy atom. The van der Waals surface area contributed by atoms with E-state index in [9.17, 15) is 19.2 Å². The summed E-state index contributed by atoms with van der Waals surface area (Å²) in [5, 5.41) is 17.5. The summed E-state index contributed by atoms with van der Waals surface area (Å²) in [5.41, 5.74) is 6.35. The minimum atomic E-state index is -1.02.